The number of nitrogens with zero attached hydrogens (tertiary/aromatic N) is 1. The molecule has 0 aliphatic carbocycles. The molecule has 24 heavy (non-hydrogen) atoms. The van der Waals surface area contributed by atoms with Gasteiger partial charge in [0.25, 0.3) is 0 Å². The molecule has 6 heteroatoms. The molecule has 4 nitrogen and oxygen atoms in total. The molecule has 0 radical (unpaired) electrons. The molecule has 0 bridgehead atoms. The number of ketones is 1. The number of hydrogen-bond donors (Lipinski definition) is 1. The molecule has 1 aliphatic rings. The second kappa shape index (κ2) is 8.08. The van der Waals surface area contributed by atoms with Gasteiger partial charge in [-0.3, -0.25) is 4.79 Å². The molecule has 1 aromatic carbocycles. The van der Waals surface area contributed by atoms with E-state index in [1.807, 2.05) is 24.3 Å². The molecule has 2 aromatic rings. The molecule has 1 saturated heterocycles. The van der Waals surface area contributed by atoms with E-state index in [9.17, 15) is 4.79 Å². The number of halogens is 2. The van der Waals surface area contributed by atoms with Crippen molar-refractivity contribution in [2.24, 2.45) is 0 Å². The SMILES string of the molecule is O=C(Cc1ccc(Cl)nc1)Cc1ccc(C2CNCCO2)cc1Cl. The summed E-state index contributed by atoms with van der Waals surface area (Å²) >= 11 is 12.1. The van der Waals surface area contributed by atoms with Crippen molar-refractivity contribution in [3.8, 4) is 0 Å². The number of ether oxygens (including phenoxy) is 1. The summed E-state index contributed by atoms with van der Waals surface area (Å²) in [6.07, 6.45) is 2.25. The van der Waals surface area contributed by atoms with E-state index in [2.05, 4.69) is 10.3 Å². The van der Waals surface area contributed by atoms with E-state index in [-0.39, 0.29) is 11.9 Å². The number of carbonyl (C=O) groups excluding carboxylic acids is 1. The van der Waals surface area contributed by atoms with Crippen molar-refractivity contribution < 1.29 is 9.53 Å². The molecule has 1 unspecified atom stereocenters. The predicted molar refractivity (Wildman–Crippen MR) is 94.7 cm³/mol. The highest BCUT2D eigenvalue weighted by atomic mass is 35.5. The first kappa shape index (κ1) is 17.4. The summed E-state index contributed by atoms with van der Waals surface area (Å²) < 4.78 is 5.72. The molecule has 1 atom stereocenters. The summed E-state index contributed by atoms with van der Waals surface area (Å²) in [5.74, 6) is 0.0874. The van der Waals surface area contributed by atoms with Crippen LogP contribution in [0.4, 0.5) is 0 Å². The van der Waals surface area contributed by atoms with Crippen molar-refractivity contribution >= 4 is 29.0 Å². The maximum atomic E-state index is 12.3. The lowest BCUT2D eigenvalue weighted by Gasteiger charge is -2.24. The molecule has 0 amide bonds. The van der Waals surface area contributed by atoms with Crippen molar-refractivity contribution in [3.63, 3.8) is 0 Å². The number of carbonyl (C=O) groups is 1. The van der Waals surface area contributed by atoms with Crippen molar-refractivity contribution in [2.75, 3.05) is 19.7 Å². The van der Waals surface area contributed by atoms with Crippen LogP contribution in [0.2, 0.25) is 10.2 Å². The maximum absolute atomic E-state index is 12.3. The number of morpholine rings is 1. The van der Waals surface area contributed by atoms with E-state index in [0.717, 1.165) is 29.8 Å². The third kappa shape index (κ3) is 4.54. The number of aromatic nitrogens is 1. The number of hydrogen-bond acceptors (Lipinski definition) is 4. The van der Waals surface area contributed by atoms with Crippen LogP contribution in [0.1, 0.15) is 22.8 Å². The summed E-state index contributed by atoms with van der Waals surface area (Å²) in [5, 5.41) is 4.32. The largest absolute Gasteiger partial charge is 0.371 e. The molecule has 1 aliphatic heterocycles. The first-order chi connectivity index (χ1) is 11.6. The predicted octanol–water partition coefficient (Wildman–Crippen LogP) is 3.40. The fourth-order valence-corrected chi connectivity index (χ4v) is 3.07. The van der Waals surface area contributed by atoms with Gasteiger partial charge in [-0.25, -0.2) is 4.98 Å². The number of pyridine rings is 1. The number of nitrogens with one attached hydrogen (secondary N) is 1. The molecule has 1 aromatic heterocycles. The van der Waals surface area contributed by atoms with E-state index >= 15 is 0 Å². The zero-order valence-electron chi connectivity index (χ0n) is 13.1. The van der Waals surface area contributed by atoms with Gasteiger partial charge in [0.05, 0.1) is 12.7 Å². The average molecular weight is 365 g/mol. The zero-order chi connectivity index (χ0) is 16.9. The lowest BCUT2D eigenvalue weighted by atomic mass is 10.0. The van der Waals surface area contributed by atoms with Crippen LogP contribution in [0, 0.1) is 0 Å². The van der Waals surface area contributed by atoms with Gasteiger partial charge in [-0.1, -0.05) is 41.4 Å². The third-order valence-corrected chi connectivity index (χ3v) is 4.53. The van der Waals surface area contributed by atoms with E-state index in [1.54, 1.807) is 12.3 Å². The quantitative estimate of drug-likeness (QED) is 0.826. The lowest BCUT2D eigenvalue weighted by molar-refractivity contribution is -0.117. The molecule has 126 valence electrons. The van der Waals surface area contributed by atoms with Crippen molar-refractivity contribution in [3.05, 3.63) is 63.4 Å². The van der Waals surface area contributed by atoms with Crippen LogP contribution in [0.3, 0.4) is 0 Å². The summed E-state index contributed by atoms with van der Waals surface area (Å²) in [5.41, 5.74) is 2.71. The van der Waals surface area contributed by atoms with Crippen LogP contribution in [0.15, 0.2) is 36.5 Å². The van der Waals surface area contributed by atoms with Gasteiger partial charge < -0.3 is 10.1 Å². The van der Waals surface area contributed by atoms with Crippen molar-refractivity contribution in [1.29, 1.82) is 0 Å². The fraction of sp³-hybridized carbons (Fsp3) is 0.333. The number of benzene rings is 1. The monoisotopic (exact) mass is 364 g/mol. The standard InChI is InChI=1S/C18H18Cl2N2O2/c19-16-9-14(17-11-21-5-6-24-17)3-2-13(16)8-15(23)7-12-1-4-18(20)22-10-12/h1-4,9-10,17,21H,5-8,11H2. The van der Waals surface area contributed by atoms with Gasteiger partial charge in [0.1, 0.15) is 10.9 Å². The Hall–Kier alpha value is -1.46. The second-order valence-corrected chi connectivity index (χ2v) is 6.59. The Labute approximate surface area is 151 Å². The van der Waals surface area contributed by atoms with Gasteiger partial charge in [0, 0.05) is 37.2 Å². The van der Waals surface area contributed by atoms with E-state index in [0.29, 0.717) is 29.6 Å². The summed E-state index contributed by atoms with van der Waals surface area (Å²) in [7, 11) is 0. The van der Waals surface area contributed by atoms with Crippen LogP contribution in [-0.2, 0) is 22.4 Å². The fourth-order valence-electron chi connectivity index (χ4n) is 2.70. The normalized spacial score (nSPS) is 17.7. The Morgan fingerprint density at radius 1 is 1.25 bits per heavy atom. The summed E-state index contributed by atoms with van der Waals surface area (Å²) in [6.45, 7) is 2.34. The highest BCUT2D eigenvalue weighted by Gasteiger charge is 2.17. The van der Waals surface area contributed by atoms with E-state index in [4.69, 9.17) is 27.9 Å². The minimum absolute atomic E-state index is 0.0149. The molecule has 0 saturated carbocycles. The van der Waals surface area contributed by atoms with Gasteiger partial charge in [0.2, 0.25) is 0 Å². The molecule has 2 heterocycles. The summed E-state index contributed by atoms with van der Waals surface area (Å²) in [6, 6.07) is 9.28. The van der Waals surface area contributed by atoms with Crippen LogP contribution in [0.5, 0.6) is 0 Å². The number of rotatable bonds is 5. The Morgan fingerprint density at radius 2 is 2.12 bits per heavy atom. The first-order valence-electron chi connectivity index (χ1n) is 7.84. The molecule has 1 N–H and O–H groups in total. The molecule has 3 rings (SSSR count). The van der Waals surface area contributed by atoms with Gasteiger partial charge in [-0.2, -0.15) is 0 Å². The van der Waals surface area contributed by atoms with Gasteiger partial charge in [-0.05, 0) is 28.8 Å². The van der Waals surface area contributed by atoms with E-state index in [1.165, 1.54) is 0 Å². The highest BCUT2D eigenvalue weighted by molar-refractivity contribution is 6.31. The highest BCUT2D eigenvalue weighted by Crippen LogP contribution is 2.25. The Kier molecular flexibility index (Phi) is 5.85. The zero-order valence-corrected chi connectivity index (χ0v) is 14.6. The Balaban J connectivity index is 1.64. The molecular formula is C18H18Cl2N2O2. The summed E-state index contributed by atoms with van der Waals surface area (Å²) in [4.78, 5) is 16.2. The van der Waals surface area contributed by atoms with Crippen LogP contribution in [-0.4, -0.2) is 30.5 Å². The van der Waals surface area contributed by atoms with Crippen molar-refractivity contribution in [1.82, 2.24) is 10.3 Å². The van der Waals surface area contributed by atoms with Gasteiger partial charge in [0.15, 0.2) is 0 Å². The number of Topliss-reactive ketones (excluding diaryl/α,β-unsaturated/α-hetero) is 1. The Morgan fingerprint density at radius 3 is 2.79 bits per heavy atom. The van der Waals surface area contributed by atoms with Crippen LogP contribution >= 0.6 is 23.2 Å². The molecular weight excluding hydrogens is 347 g/mol. The smallest absolute Gasteiger partial charge is 0.141 e. The minimum Gasteiger partial charge on any atom is -0.371 e. The first-order valence-corrected chi connectivity index (χ1v) is 8.60. The van der Waals surface area contributed by atoms with Crippen LogP contribution < -0.4 is 5.32 Å². The van der Waals surface area contributed by atoms with E-state index < -0.39 is 0 Å². The Bertz CT molecular complexity index is 713. The minimum atomic E-state index is 0.0149. The third-order valence-electron chi connectivity index (χ3n) is 3.95. The van der Waals surface area contributed by atoms with Gasteiger partial charge in [-0.15, -0.1) is 0 Å². The maximum Gasteiger partial charge on any atom is 0.141 e. The molecule has 1 fully saturated rings. The average Bonchev–Trinajstić information content (AvgIpc) is 2.59. The van der Waals surface area contributed by atoms with Gasteiger partial charge >= 0.3 is 0 Å². The van der Waals surface area contributed by atoms with Crippen molar-refractivity contribution in [2.45, 2.75) is 18.9 Å². The lowest BCUT2D eigenvalue weighted by Crippen LogP contribution is -2.33. The topological polar surface area (TPSA) is 51.2 Å². The molecule has 0 spiro atoms. The second-order valence-electron chi connectivity index (χ2n) is 5.80. The van der Waals surface area contributed by atoms with Crippen LogP contribution in [0.25, 0.3) is 0 Å².